The molecular formula is C22H23ClN4O. The van der Waals surface area contributed by atoms with Crippen LogP contribution in [0.2, 0.25) is 5.15 Å². The predicted octanol–water partition coefficient (Wildman–Crippen LogP) is 4.43. The van der Waals surface area contributed by atoms with Crippen molar-refractivity contribution < 1.29 is 5.11 Å². The summed E-state index contributed by atoms with van der Waals surface area (Å²) in [5.74, 6) is 2.67. The lowest BCUT2D eigenvalue weighted by atomic mass is 9.52. The number of aliphatic hydroxyl groups is 1. The molecule has 4 fully saturated rings. The Morgan fingerprint density at radius 2 is 1.89 bits per heavy atom. The van der Waals surface area contributed by atoms with Gasteiger partial charge in [-0.25, -0.2) is 9.67 Å². The Labute approximate surface area is 168 Å². The number of aromatic nitrogens is 3. The highest BCUT2D eigenvalue weighted by atomic mass is 35.5. The topological polar surface area (TPSA) is 63.0 Å². The molecule has 144 valence electrons. The summed E-state index contributed by atoms with van der Waals surface area (Å²) < 4.78 is 1.88. The fourth-order valence-corrected chi connectivity index (χ4v) is 6.48. The Hall–Kier alpha value is -2.11. The zero-order valence-electron chi connectivity index (χ0n) is 15.6. The summed E-state index contributed by atoms with van der Waals surface area (Å²) in [6.07, 6.45) is 7.15. The molecule has 2 heterocycles. The average molecular weight is 395 g/mol. The molecule has 3 aromatic rings. The van der Waals surface area contributed by atoms with Crippen LogP contribution in [0.15, 0.2) is 42.6 Å². The first kappa shape index (κ1) is 16.8. The first-order valence-corrected chi connectivity index (χ1v) is 10.5. The van der Waals surface area contributed by atoms with Gasteiger partial charge in [-0.15, -0.1) is 0 Å². The molecule has 1 aromatic carbocycles. The summed E-state index contributed by atoms with van der Waals surface area (Å²) in [6, 6.07) is 12.4. The highest BCUT2D eigenvalue weighted by molar-refractivity contribution is 6.34. The maximum Gasteiger partial charge on any atom is 0.159 e. The van der Waals surface area contributed by atoms with E-state index in [1.807, 2.05) is 41.2 Å². The second-order valence-electron chi connectivity index (χ2n) is 8.98. The Morgan fingerprint density at radius 1 is 1.11 bits per heavy atom. The third-order valence-corrected chi connectivity index (χ3v) is 7.36. The van der Waals surface area contributed by atoms with Gasteiger partial charge in [0.2, 0.25) is 0 Å². The van der Waals surface area contributed by atoms with Crippen molar-refractivity contribution in [1.82, 2.24) is 14.8 Å². The van der Waals surface area contributed by atoms with Gasteiger partial charge in [0, 0.05) is 23.7 Å². The minimum atomic E-state index is -0.408. The van der Waals surface area contributed by atoms with Crippen LogP contribution in [0.3, 0.4) is 0 Å². The first-order valence-electron chi connectivity index (χ1n) is 10.2. The van der Waals surface area contributed by atoms with E-state index in [2.05, 4.69) is 21.5 Å². The van der Waals surface area contributed by atoms with E-state index in [1.165, 1.54) is 12.8 Å². The summed E-state index contributed by atoms with van der Waals surface area (Å²) in [5.41, 5.74) is 1.53. The molecule has 7 rings (SSSR count). The number of pyridine rings is 1. The standard InChI is InChI=1S/C22H23ClN4O/c23-21-17-3-1-2-4-18(17)27(26-21)16-5-6-24-19(9-16)25-20-14-7-13-8-15(20)12-22(28,10-13)11-14/h1-6,9,13-15,20,28H,7-8,10-12H2,(H,24,25)/t13-,14?,15?,20-,22?. The SMILES string of the molecule is OC12CC3C[C@H](CC(C1)[C@@H]3Nc1cc(-n3nc(Cl)c4ccccc43)ccn1)C2. The van der Waals surface area contributed by atoms with Crippen molar-refractivity contribution in [1.29, 1.82) is 0 Å². The fourth-order valence-electron chi connectivity index (χ4n) is 6.24. The van der Waals surface area contributed by atoms with Crippen LogP contribution < -0.4 is 5.32 Å². The third kappa shape index (κ3) is 2.56. The number of hydrogen-bond donors (Lipinski definition) is 2. The van der Waals surface area contributed by atoms with Gasteiger partial charge < -0.3 is 10.4 Å². The van der Waals surface area contributed by atoms with Gasteiger partial charge in [0.25, 0.3) is 0 Å². The number of hydrogen-bond acceptors (Lipinski definition) is 4. The summed E-state index contributed by atoms with van der Waals surface area (Å²) in [5, 5.41) is 20.5. The number of anilines is 1. The van der Waals surface area contributed by atoms with E-state index in [4.69, 9.17) is 11.6 Å². The second-order valence-corrected chi connectivity index (χ2v) is 9.34. The number of halogens is 1. The van der Waals surface area contributed by atoms with E-state index >= 15 is 0 Å². The minimum absolute atomic E-state index is 0.400. The smallest absolute Gasteiger partial charge is 0.159 e. The highest BCUT2D eigenvalue weighted by Gasteiger charge is 2.54. The molecule has 28 heavy (non-hydrogen) atoms. The second kappa shape index (κ2) is 5.94. The third-order valence-electron chi connectivity index (χ3n) is 7.09. The van der Waals surface area contributed by atoms with E-state index in [0.717, 1.165) is 41.7 Å². The fraction of sp³-hybridized carbons (Fsp3) is 0.455. The molecule has 6 heteroatoms. The average Bonchev–Trinajstić information content (AvgIpc) is 3.01. The molecule has 5 nitrogen and oxygen atoms in total. The number of nitrogens with one attached hydrogen (secondary N) is 1. The first-order chi connectivity index (χ1) is 13.6. The van der Waals surface area contributed by atoms with Gasteiger partial charge in [-0.1, -0.05) is 23.7 Å². The van der Waals surface area contributed by atoms with Crippen LogP contribution >= 0.6 is 11.6 Å². The maximum atomic E-state index is 10.8. The van der Waals surface area contributed by atoms with E-state index in [-0.39, 0.29) is 0 Å². The van der Waals surface area contributed by atoms with Crippen LogP contribution in [0.5, 0.6) is 0 Å². The molecule has 4 bridgehead atoms. The van der Waals surface area contributed by atoms with Crippen molar-refractivity contribution in [2.45, 2.75) is 43.7 Å². The maximum absolute atomic E-state index is 10.8. The van der Waals surface area contributed by atoms with E-state index < -0.39 is 5.60 Å². The van der Waals surface area contributed by atoms with Crippen LogP contribution in [0.4, 0.5) is 5.82 Å². The van der Waals surface area contributed by atoms with Crippen LogP contribution in [-0.2, 0) is 0 Å². The molecule has 0 radical (unpaired) electrons. The van der Waals surface area contributed by atoms with Gasteiger partial charge in [0.15, 0.2) is 5.15 Å². The van der Waals surface area contributed by atoms with Crippen molar-refractivity contribution in [3.63, 3.8) is 0 Å². The van der Waals surface area contributed by atoms with E-state index in [9.17, 15) is 5.11 Å². The molecule has 4 aliphatic carbocycles. The molecular weight excluding hydrogens is 372 g/mol. The van der Waals surface area contributed by atoms with E-state index in [0.29, 0.717) is 28.9 Å². The van der Waals surface area contributed by atoms with Gasteiger partial charge in [-0.3, -0.25) is 0 Å². The number of para-hydroxylation sites is 1. The van der Waals surface area contributed by atoms with Crippen molar-refractivity contribution in [2.24, 2.45) is 17.8 Å². The van der Waals surface area contributed by atoms with Crippen molar-refractivity contribution in [3.05, 3.63) is 47.7 Å². The molecule has 0 aliphatic heterocycles. The van der Waals surface area contributed by atoms with E-state index in [1.54, 1.807) is 0 Å². The van der Waals surface area contributed by atoms with Crippen molar-refractivity contribution in [2.75, 3.05) is 5.32 Å². The van der Waals surface area contributed by atoms with Gasteiger partial charge in [0.1, 0.15) is 5.82 Å². The van der Waals surface area contributed by atoms with Gasteiger partial charge in [-0.2, -0.15) is 5.10 Å². The monoisotopic (exact) mass is 394 g/mol. The Bertz CT molecular complexity index is 1050. The minimum Gasteiger partial charge on any atom is -0.390 e. The molecule has 2 aromatic heterocycles. The summed E-state index contributed by atoms with van der Waals surface area (Å²) in [6.45, 7) is 0. The predicted molar refractivity (Wildman–Crippen MR) is 110 cm³/mol. The molecule has 0 saturated heterocycles. The summed E-state index contributed by atoms with van der Waals surface area (Å²) >= 11 is 6.33. The lowest BCUT2D eigenvalue weighted by Gasteiger charge is -2.58. The van der Waals surface area contributed by atoms with Crippen molar-refractivity contribution >= 4 is 28.3 Å². The van der Waals surface area contributed by atoms with Crippen LogP contribution in [-0.4, -0.2) is 31.5 Å². The molecule has 0 spiro atoms. The molecule has 2 N–H and O–H groups in total. The molecule has 0 amide bonds. The molecule has 4 saturated carbocycles. The summed E-state index contributed by atoms with van der Waals surface area (Å²) in [7, 11) is 0. The molecule has 4 aliphatic rings. The number of nitrogens with zero attached hydrogens (tertiary/aromatic N) is 3. The van der Waals surface area contributed by atoms with Crippen LogP contribution in [0.1, 0.15) is 32.1 Å². The largest absolute Gasteiger partial charge is 0.390 e. The Morgan fingerprint density at radius 3 is 2.68 bits per heavy atom. The quantitative estimate of drug-likeness (QED) is 0.690. The van der Waals surface area contributed by atoms with Crippen molar-refractivity contribution in [3.8, 4) is 5.69 Å². The highest BCUT2D eigenvalue weighted by Crippen LogP contribution is 2.56. The number of rotatable bonds is 3. The number of benzene rings is 1. The Kier molecular flexibility index (Phi) is 3.57. The lowest BCUT2D eigenvalue weighted by Crippen LogP contribution is -2.59. The summed E-state index contributed by atoms with van der Waals surface area (Å²) in [4.78, 5) is 4.57. The zero-order chi connectivity index (χ0) is 18.9. The van der Waals surface area contributed by atoms with Crippen LogP contribution in [0, 0.1) is 17.8 Å². The van der Waals surface area contributed by atoms with Gasteiger partial charge in [-0.05, 0) is 68.1 Å². The molecule has 2 atom stereocenters. The van der Waals surface area contributed by atoms with Gasteiger partial charge >= 0.3 is 0 Å². The lowest BCUT2D eigenvalue weighted by molar-refractivity contribution is -0.129. The Balaban J connectivity index is 1.32. The zero-order valence-corrected chi connectivity index (χ0v) is 16.3. The molecule has 2 unspecified atom stereocenters. The normalized spacial score (nSPS) is 33.5. The van der Waals surface area contributed by atoms with Gasteiger partial charge in [0.05, 0.1) is 16.8 Å². The number of fused-ring (bicyclic) bond motifs is 1. The van der Waals surface area contributed by atoms with Crippen LogP contribution in [0.25, 0.3) is 16.6 Å².